The molecule has 1 atom stereocenters. The molecule has 18 heavy (non-hydrogen) atoms. The number of aromatic nitrogens is 2. The van der Waals surface area contributed by atoms with Crippen molar-refractivity contribution < 1.29 is 9.63 Å². The molecule has 1 rings (SSSR count). The van der Waals surface area contributed by atoms with Crippen LogP contribution in [-0.4, -0.2) is 21.9 Å². The minimum atomic E-state index is -0.531. The Labute approximate surface area is 109 Å². The van der Waals surface area contributed by atoms with Crippen molar-refractivity contribution in [1.82, 2.24) is 10.1 Å². The summed E-state index contributed by atoms with van der Waals surface area (Å²) >= 11 is 0. The molecule has 0 spiro atoms. The molecule has 1 unspecified atom stereocenters. The molecule has 0 aliphatic heterocycles. The van der Waals surface area contributed by atoms with Crippen LogP contribution in [0.1, 0.15) is 69.6 Å². The molecule has 0 aliphatic rings. The van der Waals surface area contributed by atoms with Crippen molar-refractivity contribution in [2.45, 2.75) is 64.3 Å². The van der Waals surface area contributed by atoms with Crippen LogP contribution in [0.15, 0.2) is 4.52 Å². The summed E-state index contributed by atoms with van der Waals surface area (Å²) in [5.41, 5.74) is 5.60. The summed E-state index contributed by atoms with van der Waals surface area (Å²) in [6.07, 6.45) is 9.64. The molecule has 1 heterocycles. The fourth-order valence-electron chi connectivity index (χ4n) is 1.84. The van der Waals surface area contributed by atoms with Gasteiger partial charge in [-0.05, 0) is 6.42 Å². The number of hydrogen-bond donors (Lipinski definition) is 2. The van der Waals surface area contributed by atoms with Gasteiger partial charge in [-0.15, -0.1) is 0 Å². The van der Waals surface area contributed by atoms with Gasteiger partial charge in [0.25, 0.3) is 0 Å². The number of aryl methyl sites for hydroxylation is 1. The topological polar surface area (TPSA) is 85.2 Å². The Morgan fingerprint density at radius 2 is 1.83 bits per heavy atom. The Kier molecular flexibility index (Phi) is 7.60. The fraction of sp³-hybridized carbons (Fsp3) is 0.846. The summed E-state index contributed by atoms with van der Waals surface area (Å²) in [4.78, 5) is 4.17. The van der Waals surface area contributed by atoms with Gasteiger partial charge in [-0.2, -0.15) is 4.98 Å². The van der Waals surface area contributed by atoms with Crippen molar-refractivity contribution in [3.8, 4) is 0 Å². The highest BCUT2D eigenvalue weighted by Gasteiger charge is 2.12. The van der Waals surface area contributed by atoms with Gasteiger partial charge in [-0.1, -0.05) is 50.6 Å². The van der Waals surface area contributed by atoms with Crippen LogP contribution >= 0.6 is 0 Å². The van der Waals surface area contributed by atoms with Crippen LogP contribution in [0.25, 0.3) is 0 Å². The molecule has 1 aromatic rings. The molecule has 0 bridgehead atoms. The highest BCUT2D eigenvalue weighted by atomic mass is 16.5. The van der Waals surface area contributed by atoms with Crippen LogP contribution in [0.2, 0.25) is 0 Å². The van der Waals surface area contributed by atoms with E-state index in [4.69, 9.17) is 15.4 Å². The highest BCUT2D eigenvalue weighted by Crippen LogP contribution is 2.11. The average Bonchev–Trinajstić information content (AvgIpc) is 2.85. The number of nitrogens with zero attached hydrogens (tertiary/aromatic N) is 2. The SMILES string of the molecule is CCCCCCCCCc1nc(C(N)CO)no1. The smallest absolute Gasteiger partial charge is 0.226 e. The monoisotopic (exact) mass is 255 g/mol. The number of unbranched alkanes of at least 4 members (excludes halogenated alkanes) is 6. The first-order chi connectivity index (χ1) is 8.77. The zero-order valence-electron chi connectivity index (χ0n) is 11.3. The second-order valence-electron chi connectivity index (χ2n) is 4.71. The van der Waals surface area contributed by atoms with E-state index in [2.05, 4.69) is 17.1 Å². The lowest BCUT2D eigenvalue weighted by Crippen LogP contribution is -2.16. The molecule has 3 N–H and O–H groups in total. The Balaban J connectivity index is 2.10. The zero-order valence-corrected chi connectivity index (χ0v) is 11.3. The summed E-state index contributed by atoms with van der Waals surface area (Å²) in [6, 6.07) is -0.531. The molecular formula is C13H25N3O2. The summed E-state index contributed by atoms with van der Waals surface area (Å²) in [5, 5.41) is 12.6. The third kappa shape index (κ3) is 5.60. The lowest BCUT2D eigenvalue weighted by Gasteiger charge is -1.99. The molecule has 0 fully saturated rings. The number of hydrogen-bond acceptors (Lipinski definition) is 5. The van der Waals surface area contributed by atoms with Crippen LogP contribution in [0.3, 0.4) is 0 Å². The van der Waals surface area contributed by atoms with Gasteiger partial charge >= 0.3 is 0 Å². The minimum absolute atomic E-state index is 0.156. The third-order valence-corrected chi connectivity index (χ3v) is 3.01. The van der Waals surface area contributed by atoms with E-state index in [1.807, 2.05) is 0 Å². The number of rotatable bonds is 10. The van der Waals surface area contributed by atoms with Crippen molar-refractivity contribution in [1.29, 1.82) is 0 Å². The van der Waals surface area contributed by atoms with Crippen molar-refractivity contribution in [3.05, 3.63) is 11.7 Å². The molecule has 0 saturated heterocycles. The average molecular weight is 255 g/mol. The van der Waals surface area contributed by atoms with E-state index in [1.54, 1.807) is 0 Å². The van der Waals surface area contributed by atoms with Crippen molar-refractivity contribution in [3.63, 3.8) is 0 Å². The van der Waals surface area contributed by atoms with E-state index in [-0.39, 0.29) is 6.61 Å². The second-order valence-corrected chi connectivity index (χ2v) is 4.71. The van der Waals surface area contributed by atoms with Gasteiger partial charge in [0.05, 0.1) is 12.6 Å². The van der Waals surface area contributed by atoms with E-state index < -0.39 is 6.04 Å². The van der Waals surface area contributed by atoms with Gasteiger partial charge in [0.15, 0.2) is 5.82 Å². The van der Waals surface area contributed by atoms with E-state index >= 15 is 0 Å². The van der Waals surface area contributed by atoms with Crippen LogP contribution in [0.5, 0.6) is 0 Å². The van der Waals surface area contributed by atoms with Crippen molar-refractivity contribution in [2.24, 2.45) is 5.73 Å². The van der Waals surface area contributed by atoms with E-state index in [0.29, 0.717) is 11.7 Å². The first-order valence-corrected chi connectivity index (χ1v) is 6.96. The first-order valence-electron chi connectivity index (χ1n) is 6.96. The highest BCUT2D eigenvalue weighted by molar-refractivity contribution is 4.92. The number of aliphatic hydroxyl groups is 1. The molecular weight excluding hydrogens is 230 g/mol. The molecule has 0 aliphatic carbocycles. The van der Waals surface area contributed by atoms with Gasteiger partial charge in [-0.25, -0.2) is 0 Å². The van der Waals surface area contributed by atoms with E-state index in [1.165, 1.54) is 38.5 Å². The Morgan fingerprint density at radius 3 is 2.50 bits per heavy atom. The molecule has 5 nitrogen and oxygen atoms in total. The van der Waals surface area contributed by atoms with Crippen molar-refractivity contribution >= 4 is 0 Å². The molecule has 1 aromatic heterocycles. The second kappa shape index (κ2) is 9.05. The van der Waals surface area contributed by atoms with Gasteiger partial charge in [0.1, 0.15) is 0 Å². The van der Waals surface area contributed by atoms with Crippen LogP contribution in [0.4, 0.5) is 0 Å². The van der Waals surface area contributed by atoms with Crippen molar-refractivity contribution in [2.75, 3.05) is 6.61 Å². The molecule has 5 heteroatoms. The molecule has 104 valence electrons. The number of aliphatic hydroxyl groups excluding tert-OH is 1. The Hall–Kier alpha value is -0.940. The third-order valence-electron chi connectivity index (χ3n) is 3.01. The standard InChI is InChI=1S/C13H25N3O2/c1-2-3-4-5-6-7-8-9-12-15-13(16-18-12)11(14)10-17/h11,17H,2-10,14H2,1H3. The minimum Gasteiger partial charge on any atom is -0.394 e. The Morgan fingerprint density at radius 1 is 1.17 bits per heavy atom. The predicted molar refractivity (Wildman–Crippen MR) is 70.0 cm³/mol. The van der Waals surface area contributed by atoms with E-state index in [9.17, 15) is 0 Å². The maximum absolute atomic E-state index is 8.87. The normalized spacial score (nSPS) is 12.8. The molecule has 0 amide bonds. The fourth-order valence-corrected chi connectivity index (χ4v) is 1.84. The summed E-state index contributed by atoms with van der Waals surface area (Å²) in [5.74, 6) is 1.03. The molecule has 0 radical (unpaired) electrons. The molecule has 0 aromatic carbocycles. The lowest BCUT2D eigenvalue weighted by molar-refractivity contribution is 0.259. The predicted octanol–water partition coefficient (Wildman–Crippen LogP) is 2.35. The van der Waals surface area contributed by atoms with Crippen LogP contribution in [0, 0.1) is 0 Å². The quantitative estimate of drug-likeness (QED) is 0.627. The molecule has 0 saturated carbocycles. The van der Waals surface area contributed by atoms with Gasteiger partial charge < -0.3 is 15.4 Å². The maximum Gasteiger partial charge on any atom is 0.226 e. The summed E-state index contributed by atoms with van der Waals surface area (Å²) < 4.78 is 5.08. The largest absolute Gasteiger partial charge is 0.394 e. The van der Waals surface area contributed by atoms with Crippen LogP contribution in [-0.2, 0) is 6.42 Å². The maximum atomic E-state index is 8.87. The number of nitrogens with two attached hydrogens (primary N) is 1. The lowest BCUT2D eigenvalue weighted by atomic mass is 10.1. The Bertz CT molecular complexity index is 315. The van der Waals surface area contributed by atoms with Crippen LogP contribution < -0.4 is 5.73 Å². The van der Waals surface area contributed by atoms with Gasteiger partial charge in [0.2, 0.25) is 5.89 Å². The summed E-state index contributed by atoms with van der Waals surface area (Å²) in [7, 11) is 0. The van der Waals surface area contributed by atoms with Gasteiger partial charge in [-0.3, -0.25) is 0 Å². The van der Waals surface area contributed by atoms with Gasteiger partial charge in [0, 0.05) is 6.42 Å². The van der Waals surface area contributed by atoms with E-state index in [0.717, 1.165) is 12.8 Å². The first kappa shape index (κ1) is 15.1. The zero-order chi connectivity index (χ0) is 13.2. The summed E-state index contributed by atoms with van der Waals surface area (Å²) in [6.45, 7) is 2.07.